The maximum atomic E-state index is 5.54. The second-order valence-corrected chi connectivity index (χ2v) is 5.59. The molecular weight excluding hydrogens is 266 g/mol. The number of rotatable bonds is 4. The Labute approximate surface area is 124 Å². The van der Waals surface area contributed by atoms with Gasteiger partial charge in [0.1, 0.15) is 0 Å². The number of nitrogens with one attached hydrogen (secondary N) is 1. The third kappa shape index (κ3) is 2.44. The van der Waals surface area contributed by atoms with Crippen LogP contribution in [-0.4, -0.2) is 16.6 Å². The van der Waals surface area contributed by atoms with Crippen molar-refractivity contribution in [2.45, 2.75) is 40.3 Å². The molecule has 0 spiro atoms. The molecule has 2 aromatic rings. The zero-order valence-corrected chi connectivity index (χ0v) is 12.9. The molecule has 21 heavy (non-hydrogen) atoms. The standard InChI is InChI=1S/C16H21N3O2/c1-10(2)19-12(4)15(11(3)18-19)17-8-13-6-5-7-14-16(13)21-9-20-14/h5-7,10,17H,8-9H2,1-4H3. The first-order valence-corrected chi connectivity index (χ1v) is 7.25. The van der Waals surface area contributed by atoms with Crippen molar-refractivity contribution in [3.05, 3.63) is 35.2 Å². The number of hydrogen-bond acceptors (Lipinski definition) is 4. The van der Waals surface area contributed by atoms with E-state index in [9.17, 15) is 0 Å². The van der Waals surface area contributed by atoms with Gasteiger partial charge in [0.2, 0.25) is 6.79 Å². The maximum Gasteiger partial charge on any atom is 0.231 e. The zero-order chi connectivity index (χ0) is 15.0. The quantitative estimate of drug-likeness (QED) is 0.936. The second kappa shape index (κ2) is 5.31. The number of aryl methyl sites for hydroxylation is 1. The average molecular weight is 287 g/mol. The number of para-hydroxylation sites is 1. The predicted molar refractivity (Wildman–Crippen MR) is 82.0 cm³/mol. The molecule has 3 rings (SSSR count). The molecule has 2 heterocycles. The van der Waals surface area contributed by atoms with Crippen molar-refractivity contribution in [2.24, 2.45) is 0 Å². The lowest BCUT2D eigenvalue weighted by molar-refractivity contribution is 0.173. The van der Waals surface area contributed by atoms with E-state index < -0.39 is 0 Å². The summed E-state index contributed by atoms with van der Waals surface area (Å²) >= 11 is 0. The van der Waals surface area contributed by atoms with Gasteiger partial charge in [0, 0.05) is 18.2 Å². The van der Waals surface area contributed by atoms with Gasteiger partial charge in [0.05, 0.1) is 17.1 Å². The largest absolute Gasteiger partial charge is 0.454 e. The van der Waals surface area contributed by atoms with Crippen LogP contribution in [0.2, 0.25) is 0 Å². The summed E-state index contributed by atoms with van der Waals surface area (Å²) in [6, 6.07) is 6.33. The van der Waals surface area contributed by atoms with Crippen molar-refractivity contribution in [1.29, 1.82) is 0 Å². The Balaban J connectivity index is 1.82. The van der Waals surface area contributed by atoms with Gasteiger partial charge in [-0.3, -0.25) is 4.68 Å². The molecule has 112 valence electrons. The maximum absolute atomic E-state index is 5.54. The normalized spacial score (nSPS) is 13.0. The topological polar surface area (TPSA) is 48.3 Å². The van der Waals surface area contributed by atoms with Crippen LogP contribution in [-0.2, 0) is 6.54 Å². The molecule has 0 saturated carbocycles. The monoisotopic (exact) mass is 287 g/mol. The van der Waals surface area contributed by atoms with E-state index in [-0.39, 0.29) is 0 Å². The third-order valence-corrected chi connectivity index (χ3v) is 3.75. The molecule has 1 aliphatic rings. The summed E-state index contributed by atoms with van der Waals surface area (Å²) in [5, 5.41) is 8.08. The van der Waals surface area contributed by atoms with E-state index in [0.717, 1.165) is 34.1 Å². The van der Waals surface area contributed by atoms with Crippen LogP contribution in [0.5, 0.6) is 11.5 Å². The highest BCUT2D eigenvalue weighted by Crippen LogP contribution is 2.36. The van der Waals surface area contributed by atoms with Gasteiger partial charge in [-0.15, -0.1) is 0 Å². The zero-order valence-electron chi connectivity index (χ0n) is 12.9. The number of aromatic nitrogens is 2. The van der Waals surface area contributed by atoms with Crippen LogP contribution in [0.4, 0.5) is 5.69 Å². The van der Waals surface area contributed by atoms with Crippen molar-refractivity contribution >= 4 is 5.69 Å². The Morgan fingerprint density at radius 2 is 2.10 bits per heavy atom. The first kappa shape index (κ1) is 13.8. The van der Waals surface area contributed by atoms with Crippen molar-refractivity contribution < 1.29 is 9.47 Å². The van der Waals surface area contributed by atoms with Gasteiger partial charge in [-0.05, 0) is 33.8 Å². The highest BCUT2D eigenvalue weighted by atomic mass is 16.7. The van der Waals surface area contributed by atoms with Crippen molar-refractivity contribution in [3.8, 4) is 11.5 Å². The number of hydrogen-bond donors (Lipinski definition) is 1. The van der Waals surface area contributed by atoms with E-state index in [1.807, 2.05) is 23.7 Å². The summed E-state index contributed by atoms with van der Waals surface area (Å²) in [4.78, 5) is 0. The molecule has 0 unspecified atom stereocenters. The van der Waals surface area contributed by atoms with E-state index in [0.29, 0.717) is 19.4 Å². The summed E-state index contributed by atoms with van der Waals surface area (Å²) in [5.74, 6) is 1.66. The van der Waals surface area contributed by atoms with E-state index in [4.69, 9.17) is 9.47 Å². The Kier molecular flexibility index (Phi) is 3.49. The van der Waals surface area contributed by atoms with Crippen LogP contribution in [0.1, 0.15) is 36.8 Å². The highest BCUT2D eigenvalue weighted by Gasteiger charge is 2.18. The minimum Gasteiger partial charge on any atom is -0.454 e. The van der Waals surface area contributed by atoms with Gasteiger partial charge < -0.3 is 14.8 Å². The van der Waals surface area contributed by atoms with E-state index in [1.54, 1.807) is 0 Å². The number of ether oxygens (including phenoxy) is 2. The summed E-state index contributed by atoms with van der Waals surface area (Å²) in [5.41, 5.74) is 4.37. The molecule has 0 fully saturated rings. The van der Waals surface area contributed by atoms with Crippen molar-refractivity contribution in [2.75, 3.05) is 12.1 Å². The molecule has 0 saturated heterocycles. The fourth-order valence-corrected chi connectivity index (χ4v) is 2.74. The van der Waals surface area contributed by atoms with E-state index in [2.05, 4.69) is 37.3 Å². The summed E-state index contributed by atoms with van der Waals surface area (Å²) < 4.78 is 13.0. The Morgan fingerprint density at radius 1 is 1.29 bits per heavy atom. The van der Waals surface area contributed by atoms with Crippen LogP contribution in [0.25, 0.3) is 0 Å². The van der Waals surface area contributed by atoms with Gasteiger partial charge in [0.15, 0.2) is 11.5 Å². The van der Waals surface area contributed by atoms with E-state index in [1.165, 1.54) is 0 Å². The second-order valence-electron chi connectivity index (χ2n) is 5.59. The Hall–Kier alpha value is -2.17. The summed E-state index contributed by atoms with van der Waals surface area (Å²) in [6.45, 7) is 9.39. The van der Waals surface area contributed by atoms with Gasteiger partial charge in [-0.1, -0.05) is 12.1 Å². The van der Waals surface area contributed by atoms with Gasteiger partial charge >= 0.3 is 0 Å². The summed E-state index contributed by atoms with van der Waals surface area (Å²) in [6.07, 6.45) is 0. The molecule has 1 N–H and O–H groups in total. The minimum atomic E-state index is 0.301. The molecule has 0 amide bonds. The number of nitrogens with zero attached hydrogens (tertiary/aromatic N) is 2. The molecule has 1 aliphatic heterocycles. The lowest BCUT2D eigenvalue weighted by Gasteiger charge is -2.11. The smallest absolute Gasteiger partial charge is 0.231 e. The lowest BCUT2D eigenvalue weighted by atomic mass is 10.1. The van der Waals surface area contributed by atoms with Crippen LogP contribution in [0.15, 0.2) is 18.2 Å². The van der Waals surface area contributed by atoms with Crippen LogP contribution >= 0.6 is 0 Å². The van der Waals surface area contributed by atoms with Gasteiger partial charge in [0.25, 0.3) is 0 Å². The molecule has 5 heteroatoms. The molecule has 0 atom stereocenters. The molecule has 1 aromatic carbocycles. The van der Waals surface area contributed by atoms with Gasteiger partial charge in [-0.25, -0.2) is 0 Å². The molecule has 0 radical (unpaired) electrons. The average Bonchev–Trinajstić information content (AvgIpc) is 3.02. The number of benzene rings is 1. The van der Waals surface area contributed by atoms with Gasteiger partial charge in [-0.2, -0.15) is 5.10 Å². The predicted octanol–water partition coefficient (Wildman–Crippen LogP) is 3.42. The number of fused-ring (bicyclic) bond motifs is 1. The van der Waals surface area contributed by atoms with Crippen LogP contribution in [0.3, 0.4) is 0 Å². The molecule has 0 aliphatic carbocycles. The molecule has 0 bridgehead atoms. The van der Waals surface area contributed by atoms with Crippen molar-refractivity contribution in [1.82, 2.24) is 9.78 Å². The fraction of sp³-hybridized carbons (Fsp3) is 0.438. The Bertz CT molecular complexity index is 662. The number of anilines is 1. The molecule has 1 aromatic heterocycles. The van der Waals surface area contributed by atoms with E-state index >= 15 is 0 Å². The fourth-order valence-electron chi connectivity index (χ4n) is 2.74. The van der Waals surface area contributed by atoms with Crippen molar-refractivity contribution in [3.63, 3.8) is 0 Å². The Morgan fingerprint density at radius 3 is 2.81 bits per heavy atom. The first-order valence-electron chi connectivity index (χ1n) is 7.25. The van der Waals surface area contributed by atoms with Crippen LogP contribution in [0, 0.1) is 13.8 Å². The first-order chi connectivity index (χ1) is 10.1. The highest BCUT2D eigenvalue weighted by molar-refractivity contribution is 5.55. The minimum absolute atomic E-state index is 0.301. The SMILES string of the molecule is Cc1nn(C(C)C)c(C)c1NCc1cccc2c1OCO2. The lowest BCUT2D eigenvalue weighted by Crippen LogP contribution is -2.06. The molecule has 5 nitrogen and oxygen atoms in total. The van der Waals surface area contributed by atoms with Crippen LogP contribution < -0.4 is 14.8 Å². The summed E-state index contributed by atoms with van der Waals surface area (Å²) in [7, 11) is 0. The molecular formula is C16H21N3O2. The third-order valence-electron chi connectivity index (χ3n) is 3.75.